The summed E-state index contributed by atoms with van der Waals surface area (Å²) in [5.74, 6) is -0.0678. The topological polar surface area (TPSA) is 73.0 Å². The van der Waals surface area contributed by atoms with E-state index in [0.29, 0.717) is 16.3 Å². The molecule has 4 rings (SSSR count). The van der Waals surface area contributed by atoms with Crippen molar-refractivity contribution in [1.29, 1.82) is 0 Å². The standard InChI is InChI=1S/C18H13ClN4O2/c1-11-14-3-2-4-15(19)17(14)25-16(11)18(24)22-12-5-7-13(8-6-12)23-10-20-9-21-23/h2-10H,1H3,(H,22,24). The Morgan fingerprint density at radius 2 is 2.00 bits per heavy atom. The molecule has 0 spiro atoms. The Kier molecular flexibility index (Phi) is 3.74. The van der Waals surface area contributed by atoms with Crippen molar-refractivity contribution >= 4 is 34.2 Å². The van der Waals surface area contributed by atoms with Crippen LogP contribution in [-0.2, 0) is 0 Å². The normalized spacial score (nSPS) is 11.0. The number of para-hydroxylation sites is 1. The fraction of sp³-hybridized carbons (Fsp3) is 0.0556. The lowest BCUT2D eigenvalue weighted by Gasteiger charge is -2.05. The monoisotopic (exact) mass is 352 g/mol. The minimum absolute atomic E-state index is 0.253. The molecule has 0 aliphatic carbocycles. The number of amides is 1. The van der Waals surface area contributed by atoms with Crippen molar-refractivity contribution in [1.82, 2.24) is 14.8 Å². The van der Waals surface area contributed by atoms with Crippen LogP contribution in [-0.4, -0.2) is 20.7 Å². The van der Waals surface area contributed by atoms with Crippen LogP contribution < -0.4 is 5.32 Å². The smallest absolute Gasteiger partial charge is 0.291 e. The molecule has 0 aliphatic rings. The number of nitrogens with zero attached hydrogens (tertiary/aromatic N) is 3. The molecule has 0 bridgehead atoms. The molecule has 2 heterocycles. The second-order valence-corrected chi connectivity index (χ2v) is 5.92. The van der Waals surface area contributed by atoms with Crippen molar-refractivity contribution in [3.63, 3.8) is 0 Å². The average molecular weight is 353 g/mol. The zero-order valence-corrected chi connectivity index (χ0v) is 14.0. The molecule has 1 N–H and O–H groups in total. The van der Waals surface area contributed by atoms with E-state index < -0.39 is 0 Å². The van der Waals surface area contributed by atoms with Crippen molar-refractivity contribution in [2.24, 2.45) is 0 Å². The van der Waals surface area contributed by atoms with Crippen molar-refractivity contribution in [2.75, 3.05) is 5.32 Å². The predicted molar refractivity (Wildman–Crippen MR) is 95.3 cm³/mol. The van der Waals surface area contributed by atoms with Crippen molar-refractivity contribution < 1.29 is 9.21 Å². The van der Waals surface area contributed by atoms with Crippen molar-refractivity contribution in [3.8, 4) is 5.69 Å². The summed E-state index contributed by atoms with van der Waals surface area (Å²) in [7, 11) is 0. The fourth-order valence-corrected chi connectivity index (χ4v) is 2.87. The summed E-state index contributed by atoms with van der Waals surface area (Å²) < 4.78 is 7.32. The highest BCUT2D eigenvalue weighted by Crippen LogP contribution is 2.31. The van der Waals surface area contributed by atoms with Crippen LogP contribution in [0.5, 0.6) is 0 Å². The number of rotatable bonds is 3. The second-order valence-electron chi connectivity index (χ2n) is 5.51. The van der Waals surface area contributed by atoms with Gasteiger partial charge in [-0.05, 0) is 37.3 Å². The van der Waals surface area contributed by atoms with Gasteiger partial charge in [0.2, 0.25) is 0 Å². The fourth-order valence-electron chi connectivity index (χ4n) is 2.65. The largest absolute Gasteiger partial charge is 0.449 e. The quantitative estimate of drug-likeness (QED) is 0.599. The first kappa shape index (κ1) is 15.4. The Balaban J connectivity index is 1.60. The van der Waals surface area contributed by atoms with E-state index in [2.05, 4.69) is 15.4 Å². The Labute approximate surface area is 148 Å². The molecular weight excluding hydrogens is 340 g/mol. The van der Waals surface area contributed by atoms with Gasteiger partial charge in [-0.15, -0.1) is 0 Å². The highest BCUT2D eigenvalue weighted by molar-refractivity contribution is 6.35. The van der Waals surface area contributed by atoms with Gasteiger partial charge in [-0.25, -0.2) is 9.67 Å². The molecule has 25 heavy (non-hydrogen) atoms. The van der Waals surface area contributed by atoms with Crippen LogP contribution in [0.3, 0.4) is 0 Å². The number of hydrogen-bond donors (Lipinski definition) is 1. The molecule has 1 amide bonds. The summed E-state index contributed by atoms with van der Waals surface area (Å²) in [4.78, 5) is 16.5. The number of fused-ring (bicyclic) bond motifs is 1. The third-order valence-corrected chi connectivity index (χ3v) is 4.23. The Morgan fingerprint density at radius 1 is 1.20 bits per heavy atom. The van der Waals surface area contributed by atoms with Crippen molar-refractivity contribution in [3.05, 3.63) is 71.5 Å². The SMILES string of the molecule is Cc1c(C(=O)Nc2ccc(-n3cncn3)cc2)oc2c(Cl)cccc12. The maximum atomic E-state index is 12.6. The van der Waals surface area contributed by atoms with Crippen LogP contribution in [0.4, 0.5) is 5.69 Å². The predicted octanol–water partition coefficient (Wildman–Crippen LogP) is 4.23. The number of carbonyl (C=O) groups is 1. The molecule has 6 nitrogen and oxygen atoms in total. The zero-order valence-electron chi connectivity index (χ0n) is 13.2. The number of benzene rings is 2. The van der Waals surface area contributed by atoms with Gasteiger partial charge in [-0.3, -0.25) is 4.79 Å². The third kappa shape index (κ3) is 2.77. The van der Waals surface area contributed by atoms with E-state index in [4.69, 9.17) is 16.0 Å². The molecule has 7 heteroatoms. The number of halogens is 1. The van der Waals surface area contributed by atoms with Gasteiger partial charge in [0.1, 0.15) is 12.7 Å². The molecule has 0 saturated heterocycles. The van der Waals surface area contributed by atoms with E-state index >= 15 is 0 Å². The van der Waals surface area contributed by atoms with Gasteiger partial charge in [0.05, 0.1) is 10.7 Å². The number of nitrogens with one attached hydrogen (secondary N) is 1. The van der Waals surface area contributed by atoms with Gasteiger partial charge in [0, 0.05) is 16.6 Å². The van der Waals surface area contributed by atoms with Crippen molar-refractivity contribution in [2.45, 2.75) is 6.92 Å². The maximum Gasteiger partial charge on any atom is 0.291 e. The third-order valence-electron chi connectivity index (χ3n) is 3.93. The van der Waals surface area contributed by atoms with Gasteiger partial charge in [-0.1, -0.05) is 23.7 Å². The molecule has 2 aromatic carbocycles. The second kappa shape index (κ2) is 6.07. The Hall–Kier alpha value is -3.12. The molecule has 0 radical (unpaired) electrons. The minimum Gasteiger partial charge on any atom is -0.449 e. The molecular formula is C18H13ClN4O2. The molecule has 4 aromatic rings. The lowest BCUT2D eigenvalue weighted by molar-refractivity contribution is 0.0998. The summed E-state index contributed by atoms with van der Waals surface area (Å²) in [5.41, 5.74) is 2.78. The first-order chi connectivity index (χ1) is 12.1. The van der Waals surface area contributed by atoms with Crippen LogP contribution in [0, 0.1) is 6.92 Å². The molecule has 124 valence electrons. The minimum atomic E-state index is -0.321. The number of carbonyl (C=O) groups excluding carboxylic acids is 1. The zero-order chi connectivity index (χ0) is 17.4. The Morgan fingerprint density at radius 3 is 2.68 bits per heavy atom. The summed E-state index contributed by atoms with van der Waals surface area (Å²) in [6.07, 6.45) is 3.07. The first-order valence-corrected chi connectivity index (χ1v) is 7.95. The first-order valence-electron chi connectivity index (χ1n) is 7.57. The van der Waals surface area contributed by atoms with Gasteiger partial charge >= 0.3 is 0 Å². The van der Waals surface area contributed by atoms with Crippen LogP contribution >= 0.6 is 11.6 Å². The molecule has 2 aromatic heterocycles. The molecule has 0 aliphatic heterocycles. The summed E-state index contributed by atoms with van der Waals surface area (Å²) in [5, 5.41) is 8.21. The highest BCUT2D eigenvalue weighted by Gasteiger charge is 2.19. The van der Waals surface area contributed by atoms with E-state index in [9.17, 15) is 4.79 Å². The number of aromatic nitrogens is 3. The van der Waals surface area contributed by atoms with E-state index in [1.165, 1.54) is 6.33 Å². The van der Waals surface area contributed by atoms with E-state index in [0.717, 1.165) is 16.6 Å². The summed E-state index contributed by atoms with van der Waals surface area (Å²) in [6.45, 7) is 1.84. The molecule has 0 unspecified atom stereocenters. The van der Waals surface area contributed by atoms with E-state index in [1.54, 1.807) is 29.2 Å². The number of hydrogen-bond acceptors (Lipinski definition) is 4. The van der Waals surface area contributed by atoms with Gasteiger partial charge in [-0.2, -0.15) is 5.10 Å². The van der Waals surface area contributed by atoms with Crippen LogP contribution in [0.2, 0.25) is 5.02 Å². The van der Waals surface area contributed by atoms with Gasteiger partial charge in [0.25, 0.3) is 5.91 Å². The van der Waals surface area contributed by atoms with Crippen LogP contribution in [0.1, 0.15) is 16.1 Å². The number of furan rings is 1. The van der Waals surface area contributed by atoms with Crippen LogP contribution in [0.25, 0.3) is 16.7 Å². The average Bonchev–Trinajstić information content (AvgIpc) is 3.25. The molecule has 0 saturated carbocycles. The molecule has 0 atom stereocenters. The number of aryl methyl sites for hydroxylation is 1. The van der Waals surface area contributed by atoms with Crippen LogP contribution in [0.15, 0.2) is 59.5 Å². The lowest BCUT2D eigenvalue weighted by Crippen LogP contribution is -2.12. The molecule has 0 fully saturated rings. The van der Waals surface area contributed by atoms with E-state index in [-0.39, 0.29) is 11.7 Å². The maximum absolute atomic E-state index is 12.6. The summed E-state index contributed by atoms with van der Waals surface area (Å²) in [6, 6.07) is 12.7. The Bertz CT molecular complexity index is 1050. The van der Waals surface area contributed by atoms with Gasteiger partial charge < -0.3 is 9.73 Å². The number of anilines is 1. The van der Waals surface area contributed by atoms with Gasteiger partial charge in [0.15, 0.2) is 11.3 Å². The highest BCUT2D eigenvalue weighted by atomic mass is 35.5. The van der Waals surface area contributed by atoms with E-state index in [1.807, 2.05) is 31.2 Å². The summed E-state index contributed by atoms with van der Waals surface area (Å²) >= 11 is 6.13. The lowest BCUT2D eigenvalue weighted by atomic mass is 10.1.